The Labute approximate surface area is 163 Å². The van der Waals surface area contributed by atoms with Crippen LogP contribution in [0.1, 0.15) is 39.7 Å². The van der Waals surface area contributed by atoms with Gasteiger partial charge in [0, 0.05) is 13.0 Å². The molecular formula is C22H22N2O2S. The fourth-order valence-electron chi connectivity index (χ4n) is 2.83. The maximum atomic E-state index is 12.5. The van der Waals surface area contributed by atoms with Crippen molar-refractivity contribution in [1.29, 1.82) is 0 Å². The van der Waals surface area contributed by atoms with E-state index in [-0.39, 0.29) is 17.9 Å². The third kappa shape index (κ3) is 5.53. The minimum Gasteiger partial charge on any atom is -0.351 e. The highest BCUT2D eigenvalue weighted by molar-refractivity contribution is 7.12. The van der Waals surface area contributed by atoms with Crippen LogP contribution in [0, 0.1) is 0 Å². The molecule has 0 aliphatic rings. The topological polar surface area (TPSA) is 58.2 Å². The molecule has 0 saturated carbocycles. The van der Waals surface area contributed by atoms with Crippen LogP contribution in [0.3, 0.4) is 0 Å². The number of hydrogen-bond donors (Lipinski definition) is 2. The van der Waals surface area contributed by atoms with Gasteiger partial charge in [-0.2, -0.15) is 0 Å². The van der Waals surface area contributed by atoms with Crippen LogP contribution in [-0.4, -0.2) is 18.4 Å². The Morgan fingerprint density at radius 3 is 2.04 bits per heavy atom. The van der Waals surface area contributed by atoms with E-state index in [1.54, 1.807) is 6.07 Å². The summed E-state index contributed by atoms with van der Waals surface area (Å²) in [6, 6.07) is 23.3. The van der Waals surface area contributed by atoms with Crippen molar-refractivity contribution in [3.05, 3.63) is 94.2 Å². The Kier molecular flexibility index (Phi) is 6.77. The summed E-state index contributed by atoms with van der Waals surface area (Å²) < 4.78 is 0. The van der Waals surface area contributed by atoms with Crippen LogP contribution >= 0.6 is 11.3 Å². The van der Waals surface area contributed by atoms with E-state index in [1.165, 1.54) is 11.3 Å². The van der Waals surface area contributed by atoms with Crippen LogP contribution in [-0.2, 0) is 4.79 Å². The Balaban J connectivity index is 1.53. The van der Waals surface area contributed by atoms with E-state index >= 15 is 0 Å². The molecule has 0 aliphatic carbocycles. The quantitative estimate of drug-likeness (QED) is 0.578. The zero-order chi connectivity index (χ0) is 18.9. The molecule has 0 radical (unpaired) electrons. The third-order valence-electron chi connectivity index (χ3n) is 4.18. The fraction of sp³-hybridized carbons (Fsp3) is 0.182. The molecule has 138 valence electrons. The average molecular weight is 378 g/mol. The number of rotatable bonds is 8. The van der Waals surface area contributed by atoms with E-state index in [4.69, 9.17) is 0 Å². The zero-order valence-electron chi connectivity index (χ0n) is 14.9. The summed E-state index contributed by atoms with van der Waals surface area (Å²) in [7, 11) is 0. The van der Waals surface area contributed by atoms with Crippen LogP contribution in [0.2, 0.25) is 0 Å². The minimum atomic E-state index is -0.180. The third-order valence-corrected chi connectivity index (χ3v) is 5.05. The van der Waals surface area contributed by atoms with Gasteiger partial charge in [0.15, 0.2) is 0 Å². The second-order valence-electron chi connectivity index (χ2n) is 6.16. The first-order valence-electron chi connectivity index (χ1n) is 8.95. The van der Waals surface area contributed by atoms with E-state index in [1.807, 2.05) is 72.1 Å². The predicted octanol–water partition coefficient (Wildman–Crippen LogP) is 4.16. The van der Waals surface area contributed by atoms with E-state index < -0.39 is 0 Å². The molecule has 4 nitrogen and oxygen atoms in total. The number of hydrogen-bond acceptors (Lipinski definition) is 3. The summed E-state index contributed by atoms with van der Waals surface area (Å²) in [4.78, 5) is 25.0. The number of carbonyl (C=O) groups is 2. The van der Waals surface area contributed by atoms with Crippen molar-refractivity contribution in [3.63, 3.8) is 0 Å². The van der Waals surface area contributed by atoms with E-state index in [9.17, 15) is 9.59 Å². The van der Waals surface area contributed by atoms with Gasteiger partial charge in [-0.05, 0) is 29.0 Å². The molecule has 0 spiro atoms. The predicted molar refractivity (Wildman–Crippen MR) is 109 cm³/mol. The van der Waals surface area contributed by atoms with Gasteiger partial charge in [-0.3, -0.25) is 9.59 Å². The first-order valence-corrected chi connectivity index (χ1v) is 9.83. The minimum absolute atomic E-state index is 0.0296. The SMILES string of the molecule is O=C(CCCNC(=O)c1cccs1)NC(c1ccccc1)c1ccccc1. The lowest BCUT2D eigenvalue weighted by Gasteiger charge is -2.20. The molecule has 2 amide bonds. The normalized spacial score (nSPS) is 10.6. The van der Waals surface area contributed by atoms with Gasteiger partial charge < -0.3 is 10.6 Å². The van der Waals surface area contributed by atoms with Crippen LogP contribution in [0.25, 0.3) is 0 Å². The number of benzene rings is 2. The zero-order valence-corrected chi connectivity index (χ0v) is 15.7. The monoisotopic (exact) mass is 378 g/mol. The highest BCUT2D eigenvalue weighted by Gasteiger charge is 2.16. The molecule has 0 unspecified atom stereocenters. The molecule has 27 heavy (non-hydrogen) atoms. The molecule has 5 heteroatoms. The molecule has 2 aromatic carbocycles. The number of carbonyl (C=O) groups excluding carboxylic acids is 2. The molecule has 0 saturated heterocycles. The van der Waals surface area contributed by atoms with E-state index in [0.717, 1.165) is 11.1 Å². The molecule has 3 rings (SSSR count). The summed E-state index contributed by atoms with van der Waals surface area (Å²) in [5, 5.41) is 7.83. The van der Waals surface area contributed by atoms with Crippen molar-refractivity contribution in [2.24, 2.45) is 0 Å². The number of amides is 2. The van der Waals surface area contributed by atoms with Gasteiger partial charge in [0.05, 0.1) is 10.9 Å². The van der Waals surface area contributed by atoms with Crippen molar-refractivity contribution in [3.8, 4) is 0 Å². The Morgan fingerprint density at radius 2 is 1.48 bits per heavy atom. The highest BCUT2D eigenvalue weighted by atomic mass is 32.1. The van der Waals surface area contributed by atoms with E-state index in [0.29, 0.717) is 24.3 Å². The first kappa shape index (κ1) is 18.9. The van der Waals surface area contributed by atoms with Gasteiger partial charge in [0.25, 0.3) is 5.91 Å². The second-order valence-corrected chi connectivity index (χ2v) is 7.11. The first-order chi connectivity index (χ1) is 13.2. The molecule has 1 aromatic heterocycles. The summed E-state index contributed by atoms with van der Waals surface area (Å²) in [5.41, 5.74) is 2.09. The maximum Gasteiger partial charge on any atom is 0.261 e. The lowest BCUT2D eigenvalue weighted by molar-refractivity contribution is -0.121. The summed E-state index contributed by atoms with van der Waals surface area (Å²) in [6.07, 6.45) is 0.958. The van der Waals surface area contributed by atoms with Crippen LogP contribution < -0.4 is 10.6 Å². The smallest absolute Gasteiger partial charge is 0.261 e. The van der Waals surface area contributed by atoms with Crippen molar-refractivity contribution in [2.75, 3.05) is 6.54 Å². The molecule has 0 aliphatic heterocycles. The van der Waals surface area contributed by atoms with Gasteiger partial charge in [0.1, 0.15) is 0 Å². The Hall–Kier alpha value is -2.92. The van der Waals surface area contributed by atoms with E-state index in [2.05, 4.69) is 10.6 Å². The van der Waals surface area contributed by atoms with Crippen molar-refractivity contribution >= 4 is 23.2 Å². The van der Waals surface area contributed by atoms with Crippen LogP contribution in [0.5, 0.6) is 0 Å². The molecular weight excluding hydrogens is 356 g/mol. The maximum absolute atomic E-state index is 12.5. The molecule has 0 fully saturated rings. The molecule has 0 atom stereocenters. The van der Waals surface area contributed by atoms with Crippen molar-refractivity contribution < 1.29 is 9.59 Å². The van der Waals surface area contributed by atoms with Crippen molar-refractivity contribution in [2.45, 2.75) is 18.9 Å². The average Bonchev–Trinajstić information content (AvgIpc) is 3.25. The lowest BCUT2D eigenvalue weighted by atomic mass is 9.98. The largest absolute Gasteiger partial charge is 0.351 e. The van der Waals surface area contributed by atoms with Gasteiger partial charge in [-0.15, -0.1) is 11.3 Å². The molecule has 0 bridgehead atoms. The van der Waals surface area contributed by atoms with Gasteiger partial charge in [-0.1, -0.05) is 66.7 Å². The van der Waals surface area contributed by atoms with Crippen molar-refractivity contribution in [1.82, 2.24) is 10.6 Å². The fourth-order valence-corrected chi connectivity index (χ4v) is 3.47. The van der Waals surface area contributed by atoms with Gasteiger partial charge in [0.2, 0.25) is 5.91 Å². The molecule has 3 aromatic rings. The molecule has 2 N–H and O–H groups in total. The standard InChI is InChI=1S/C22H22N2O2S/c25-20(14-7-15-23-22(26)19-13-8-16-27-19)24-21(17-9-3-1-4-10-17)18-11-5-2-6-12-18/h1-6,8-13,16,21H,7,14-15H2,(H,23,26)(H,24,25). The summed E-state index contributed by atoms with van der Waals surface area (Å²) in [6.45, 7) is 0.478. The van der Waals surface area contributed by atoms with Gasteiger partial charge in [-0.25, -0.2) is 0 Å². The summed E-state index contributed by atoms with van der Waals surface area (Å²) in [5.74, 6) is -0.116. The number of nitrogens with one attached hydrogen (secondary N) is 2. The number of thiophene rings is 1. The van der Waals surface area contributed by atoms with Crippen LogP contribution in [0.4, 0.5) is 0 Å². The van der Waals surface area contributed by atoms with Gasteiger partial charge >= 0.3 is 0 Å². The molecule has 1 heterocycles. The second kappa shape index (κ2) is 9.69. The Morgan fingerprint density at radius 1 is 0.852 bits per heavy atom. The summed E-state index contributed by atoms with van der Waals surface area (Å²) >= 11 is 1.41. The highest BCUT2D eigenvalue weighted by Crippen LogP contribution is 2.21. The van der Waals surface area contributed by atoms with Crippen LogP contribution in [0.15, 0.2) is 78.2 Å². The Bertz CT molecular complexity index is 809. The lowest BCUT2D eigenvalue weighted by Crippen LogP contribution is -2.30.